The van der Waals surface area contributed by atoms with E-state index in [4.69, 9.17) is 11.6 Å². The highest BCUT2D eigenvalue weighted by Gasteiger charge is 2.26. The summed E-state index contributed by atoms with van der Waals surface area (Å²) in [6.45, 7) is 1.57. The van der Waals surface area contributed by atoms with E-state index in [9.17, 15) is 9.59 Å². The summed E-state index contributed by atoms with van der Waals surface area (Å²) in [5, 5.41) is 0. The maximum Gasteiger partial charge on any atom is 0.342 e. The van der Waals surface area contributed by atoms with E-state index in [2.05, 4.69) is 9.32 Å². The summed E-state index contributed by atoms with van der Waals surface area (Å²) in [6.07, 6.45) is 2.65. The molecule has 0 N–H and O–H groups in total. The maximum atomic E-state index is 9.75. The number of hydrogen-bond acceptors (Lipinski definition) is 4. The molecule has 0 aromatic rings. The summed E-state index contributed by atoms with van der Waals surface area (Å²) < 4.78 is 6.67. The molecule has 0 atom stereocenters. The van der Waals surface area contributed by atoms with Crippen molar-refractivity contribution in [2.24, 2.45) is 9.32 Å². The Morgan fingerprint density at radius 3 is 2.00 bits per heavy atom. The third-order valence-corrected chi connectivity index (χ3v) is 4.00. The Kier molecular flexibility index (Phi) is 3.84. The van der Waals surface area contributed by atoms with Gasteiger partial charge in [-0.25, -0.2) is 18.9 Å². The summed E-state index contributed by atoms with van der Waals surface area (Å²) >= 11 is 5.38. The average molecular weight is 177 g/mol. The van der Waals surface area contributed by atoms with E-state index < -0.39 is 8.40 Å². The zero-order valence-corrected chi connectivity index (χ0v) is 7.05. The molecule has 0 unspecified atom stereocenters. The number of rotatable bonds is 3. The number of halogens is 1. The molecule has 0 bridgehead atoms. The molecule has 0 aliphatic carbocycles. The molecule has 0 saturated carbocycles. The van der Waals surface area contributed by atoms with Crippen LogP contribution in [-0.4, -0.2) is 26.1 Å². The van der Waals surface area contributed by atoms with Gasteiger partial charge in [0.2, 0.25) is 12.2 Å². The van der Waals surface area contributed by atoms with Crippen LogP contribution in [-0.2, 0) is 9.59 Å². The van der Waals surface area contributed by atoms with E-state index in [-0.39, 0.29) is 5.50 Å². The monoisotopic (exact) mass is 176 g/mol. The molecule has 0 rings (SSSR count). The van der Waals surface area contributed by atoms with Gasteiger partial charge in [0.25, 0.3) is 0 Å². The van der Waals surface area contributed by atoms with Crippen molar-refractivity contribution in [3.05, 3.63) is 0 Å². The van der Waals surface area contributed by atoms with Gasteiger partial charge in [0.1, 0.15) is 0 Å². The predicted molar refractivity (Wildman–Crippen MR) is 38.6 cm³/mol. The van der Waals surface area contributed by atoms with Crippen LogP contribution in [0.25, 0.3) is 0 Å². The van der Waals surface area contributed by atoms with Crippen molar-refractivity contribution in [3.8, 4) is 0 Å². The highest BCUT2D eigenvalue weighted by molar-refractivity contribution is 6.82. The predicted octanol–water partition coefficient (Wildman–Crippen LogP) is 0.508. The van der Waals surface area contributed by atoms with Crippen molar-refractivity contribution in [1.29, 1.82) is 0 Å². The van der Waals surface area contributed by atoms with Gasteiger partial charge >= 0.3 is 8.40 Å². The van der Waals surface area contributed by atoms with Gasteiger partial charge in [-0.1, -0.05) is 0 Å². The second-order valence-corrected chi connectivity index (χ2v) is 5.71. The van der Waals surface area contributed by atoms with Crippen molar-refractivity contribution >= 4 is 32.2 Å². The zero-order chi connectivity index (χ0) is 8.04. The fourth-order valence-electron chi connectivity index (χ4n) is 0.281. The van der Waals surface area contributed by atoms with E-state index >= 15 is 0 Å². The molecule has 0 heterocycles. The van der Waals surface area contributed by atoms with Gasteiger partial charge in [-0.15, -0.1) is 11.6 Å². The number of carbonyl (C=O) groups excluding carboxylic acids is 2. The second-order valence-electron chi connectivity index (χ2n) is 1.76. The summed E-state index contributed by atoms with van der Waals surface area (Å²) in [5.41, 5.74) is 0.0947. The first-order valence-corrected chi connectivity index (χ1v) is 5.56. The first-order valence-electron chi connectivity index (χ1n) is 2.42. The molecule has 0 aromatic heterocycles. The number of alkyl halides is 1. The van der Waals surface area contributed by atoms with Crippen LogP contribution in [0.3, 0.4) is 0 Å². The minimum Gasteiger partial charge on any atom is -0.217 e. The summed E-state index contributed by atoms with van der Waals surface area (Å²) in [7, 11) is -2.56. The van der Waals surface area contributed by atoms with Gasteiger partial charge in [-0.2, -0.15) is 0 Å². The number of nitrogens with zero attached hydrogens (tertiary/aromatic N) is 2. The lowest BCUT2D eigenvalue weighted by Crippen LogP contribution is -2.28. The Balaban J connectivity index is 4.52. The quantitative estimate of drug-likeness (QED) is 0.272. The largest absolute Gasteiger partial charge is 0.342 e. The van der Waals surface area contributed by atoms with E-state index in [1.54, 1.807) is 6.55 Å². The van der Waals surface area contributed by atoms with Crippen LogP contribution in [0.4, 0.5) is 0 Å². The Bertz CT molecular complexity index is 189. The van der Waals surface area contributed by atoms with Gasteiger partial charge < -0.3 is 0 Å². The SMILES string of the molecule is C[Si](CCl)(N=C=O)N=C=O. The zero-order valence-electron chi connectivity index (χ0n) is 5.30. The summed E-state index contributed by atoms with van der Waals surface area (Å²) in [4.78, 5) is 19.5. The van der Waals surface area contributed by atoms with Crippen molar-refractivity contribution < 1.29 is 9.59 Å². The van der Waals surface area contributed by atoms with Crippen molar-refractivity contribution in [2.75, 3.05) is 5.50 Å². The lowest BCUT2D eigenvalue weighted by molar-refractivity contribution is 0.565. The van der Waals surface area contributed by atoms with E-state index in [0.717, 1.165) is 0 Å². The minimum atomic E-state index is -2.56. The molecule has 0 aliphatic rings. The molecule has 0 fully saturated rings. The van der Waals surface area contributed by atoms with Crippen molar-refractivity contribution in [3.63, 3.8) is 0 Å². The average Bonchev–Trinajstić information content (AvgIpc) is 1.89. The van der Waals surface area contributed by atoms with Crippen LogP contribution in [0.1, 0.15) is 0 Å². The highest BCUT2D eigenvalue weighted by Crippen LogP contribution is 2.05. The molecule has 54 valence electrons. The van der Waals surface area contributed by atoms with E-state index in [0.29, 0.717) is 0 Å². The minimum absolute atomic E-state index is 0.0947. The molecule has 0 aliphatic heterocycles. The molecule has 0 saturated heterocycles. The van der Waals surface area contributed by atoms with Crippen LogP contribution >= 0.6 is 11.6 Å². The number of isocyanates is 2. The normalized spacial score (nSPS) is 14.2. The highest BCUT2D eigenvalue weighted by atomic mass is 35.5. The van der Waals surface area contributed by atoms with Crippen LogP contribution in [0.5, 0.6) is 0 Å². The van der Waals surface area contributed by atoms with Gasteiger partial charge in [0.15, 0.2) is 0 Å². The molecular formula is C4H5ClN2O2Si. The fraction of sp³-hybridized carbons (Fsp3) is 0.500. The Morgan fingerprint density at radius 2 is 1.80 bits per heavy atom. The molecule has 6 heteroatoms. The first kappa shape index (κ1) is 9.27. The first-order chi connectivity index (χ1) is 4.68. The topological polar surface area (TPSA) is 58.9 Å². The van der Waals surface area contributed by atoms with Crippen LogP contribution in [0.15, 0.2) is 9.32 Å². The molecule has 0 amide bonds. The van der Waals surface area contributed by atoms with Gasteiger partial charge in [0, 0.05) is 0 Å². The van der Waals surface area contributed by atoms with Gasteiger partial charge in [0.05, 0.1) is 5.50 Å². The lowest BCUT2D eigenvalue weighted by Gasteiger charge is -2.05. The van der Waals surface area contributed by atoms with Crippen LogP contribution in [0, 0.1) is 0 Å². The van der Waals surface area contributed by atoms with E-state index in [1.807, 2.05) is 0 Å². The summed E-state index contributed by atoms with van der Waals surface area (Å²) in [6, 6.07) is 0. The molecule has 10 heavy (non-hydrogen) atoms. The third-order valence-electron chi connectivity index (χ3n) is 0.826. The van der Waals surface area contributed by atoms with Gasteiger partial charge in [-0.05, 0) is 6.55 Å². The molecule has 0 spiro atoms. The Labute approximate surface area is 63.8 Å². The summed E-state index contributed by atoms with van der Waals surface area (Å²) in [5.74, 6) is 0. The van der Waals surface area contributed by atoms with E-state index in [1.165, 1.54) is 12.2 Å². The number of hydrogen-bond donors (Lipinski definition) is 0. The Morgan fingerprint density at radius 1 is 1.40 bits per heavy atom. The molecule has 0 aromatic carbocycles. The van der Waals surface area contributed by atoms with Crippen LogP contribution in [0.2, 0.25) is 6.55 Å². The van der Waals surface area contributed by atoms with Crippen molar-refractivity contribution in [1.82, 2.24) is 0 Å². The van der Waals surface area contributed by atoms with Crippen molar-refractivity contribution in [2.45, 2.75) is 6.55 Å². The van der Waals surface area contributed by atoms with Crippen LogP contribution < -0.4 is 0 Å². The Hall–Kier alpha value is -0.733. The third kappa shape index (κ3) is 2.71. The fourth-order valence-corrected chi connectivity index (χ4v) is 1.20. The lowest BCUT2D eigenvalue weighted by atomic mass is 11.7. The molecule has 4 nitrogen and oxygen atoms in total. The maximum absolute atomic E-state index is 9.75. The smallest absolute Gasteiger partial charge is 0.217 e. The second kappa shape index (κ2) is 4.14. The molecular weight excluding hydrogens is 172 g/mol. The molecule has 0 radical (unpaired) electrons. The standard InChI is InChI=1S/C4H5ClN2O2Si/c1-10(2-5,6-3-8)7-4-9/h2H2,1H3. The van der Waals surface area contributed by atoms with Gasteiger partial charge in [-0.3, -0.25) is 0 Å².